The fraction of sp³-hybridized carbons (Fsp3) is 0.381. The van der Waals surface area contributed by atoms with Crippen LogP contribution >= 0.6 is 0 Å². The largest absolute Gasteiger partial charge is 0.462 e. The summed E-state index contributed by atoms with van der Waals surface area (Å²) in [5.41, 5.74) is 2.55. The summed E-state index contributed by atoms with van der Waals surface area (Å²) in [6.07, 6.45) is 1.13. The molecule has 0 saturated carbocycles. The molecular formula is C21H24FN3O3. The maximum absolute atomic E-state index is 13.3. The van der Waals surface area contributed by atoms with Gasteiger partial charge in [-0.2, -0.15) is 0 Å². The van der Waals surface area contributed by atoms with Gasteiger partial charge in [-0.3, -0.25) is 0 Å². The molecular weight excluding hydrogens is 361 g/mol. The molecule has 148 valence electrons. The monoisotopic (exact) mass is 385 g/mol. The van der Waals surface area contributed by atoms with E-state index in [2.05, 4.69) is 5.32 Å². The maximum Gasteiger partial charge on any atom is 0.321 e. The Hall–Kier alpha value is -2.80. The molecule has 2 aromatic carbocycles. The van der Waals surface area contributed by atoms with Crippen LogP contribution < -0.4 is 15.0 Å². The fourth-order valence-corrected chi connectivity index (χ4v) is 3.54. The van der Waals surface area contributed by atoms with E-state index in [1.807, 2.05) is 43.3 Å². The van der Waals surface area contributed by atoms with E-state index in [1.54, 1.807) is 11.0 Å². The zero-order valence-electron chi connectivity index (χ0n) is 16.1. The second-order valence-corrected chi connectivity index (χ2v) is 7.41. The standard InChI is InChI=1S/C21H24FN3O3/c1-24(2)18-6-4-17(5-7-18)23-20(26)25-11-9-21(10-12-25)27-14-15-13-16(22)3-8-19(15)28-21/h3-8,13H,9-12,14H2,1-2H3,(H,23,26). The Balaban J connectivity index is 1.35. The predicted molar refractivity (Wildman–Crippen MR) is 105 cm³/mol. The van der Waals surface area contributed by atoms with Crippen LogP contribution in [0.1, 0.15) is 18.4 Å². The molecule has 2 aliphatic heterocycles. The smallest absolute Gasteiger partial charge is 0.321 e. The van der Waals surface area contributed by atoms with Crippen LogP contribution in [0.25, 0.3) is 0 Å². The number of likely N-dealkylation sites (tertiary alicyclic amines) is 1. The molecule has 1 saturated heterocycles. The summed E-state index contributed by atoms with van der Waals surface area (Å²) < 4.78 is 25.3. The molecule has 0 unspecified atom stereocenters. The highest BCUT2D eigenvalue weighted by molar-refractivity contribution is 5.89. The second kappa shape index (κ2) is 7.31. The van der Waals surface area contributed by atoms with Crippen molar-refractivity contribution in [3.05, 3.63) is 53.8 Å². The van der Waals surface area contributed by atoms with Crippen LogP contribution in [-0.2, 0) is 11.3 Å². The molecule has 1 spiro atoms. The van der Waals surface area contributed by atoms with Gasteiger partial charge in [0.15, 0.2) is 0 Å². The summed E-state index contributed by atoms with van der Waals surface area (Å²) in [6.45, 7) is 1.37. The number of carbonyl (C=O) groups is 1. The number of hydrogen-bond donors (Lipinski definition) is 1. The van der Waals surface area contributed by atoms with Crippen molar-refractivity contribution in [2.75, 3.05) is 37.4 Å². The van der Waals surface area contributed by atoms with Crippen LogP contribution in [-0.4, -0.2) is 43.9 Å². The minimum absolute atomic E-state index is 0.134. The molecule has 7 heteroatoms. The first kappa shape index (κ1) is 18.6. The van der Waals surface area contributed by atoms with Crippen molar-refractivity contribution in [1.29, 1.82) is 0 Å². The summed E-state index contributed by atoms with van der Waals surface area (Å²) in [7, 11) is 3.95. The summed E-state index contributed by atoms with van der Waals surface area (Å²) in [6, 6.07) is 12.0. The van der Waals surface area contributed by atoms with E-state index in [0.29, 0.717) is 43.9 Å². The Morgan fingerprint density at radius 1 is 1.14 bits per heavy atom. The number of nitrogens with zero attached hydrogens (tertiary/aromatic N) is 2. The van der Waals surface area contributed by atoms with E-state index >= 15 is 0 Å². The first-order valence-electron chi connectivity index (χ1n) is 9.39. The molecule has 1 N–H and O–H groups in total. The van der Waals surface area contributed by atoms with Crippen molar-refractivity contribution in [2.24, 2.45) is 0 Å². The predicted octanol–water partition coefficient (Wildman–Crippen LogP) is 3.82. The lowest BCUT2D eigenvalue weighted by atomic mass is 10.0. The van der Waals surface area contributed by atoms with E-state index in [-0.39, 0.29) is 11.8 Å². The zero-order valence-corrected chi connectivity index (χ0v) is 16.1. The number of fused-ring (bicyclic) bond motifs is 1. The number of halogens is 1. The van der Waals surface area contributed by atoms with Gasteiger partial charge in [0, 0.05) is 57.0 Å². The van der Waals surface area contributed by atoms with Crippen LogP contribution in [0.15, 0.2) is 42.5 Å². The number of anilines is 2. The van der Waals surface area contributed by atoms with E-state index in [4.69, 9.17) is 9.47 Å². The summed E-state index contributed by atoms with van der Waals surface area (Å²) in [4.78, 5) is 16.3. The lowest BCUT2D eigenvalue weighted by Gasteiger charge is -2.43. The quantitative estimate of drug-likeness (QED) is 0.854. The van der Waals surface area contributed by atoms with Crippen molar-refractivity contribution < 1.29 is 18.7 Å². The van der Waals surface area contributed by atoms with Gasteiger partial charge in [-0.25, -0.2) is 9.18 Å². The normalized spacial score (nSPS) is 17.6. The van der Waals surface area contributed by atoms with E-state index in [1.165, 1.54) is 12.1 Å². The average Bonchev–Trinajstić information content (AvgIpc) is 2.69. The van der Waals surface area contributed by atoms with E-state index < -0.39 is 5.79 Å². The van der Waals surface area contributed by atoms with Gasteiger partial charge in [-0.15, -0.1) is 0 Å². The molecule has 0 aromatic heterocycles. The number of piperidine rings is 1. The molecule has 2 heterocycles. The van der Waals surface area contributed by atoms with Crippen LogP contribution in [0.5, 0.6) is 5.75 Å². The fourth-order valence-electron chi connectivity index (χ4n) is 3.54. The molecule has 2 aliphatic rings. The number of rotatable bonds is 2. The van der Waals surface area contributed by atoms with Gasteiger partial charge in [-0.1, -0.05) is 0 Å². The highest BCUT2D eigenvalue weighted by Gasteiger charge is 2.42. The number of benzene rings is 2. The van der Waals surface area contributed by atoms with Crippen LogP contribution in [0.4, 0.5) is 20.6 Å². The van der Waals surface area contributed by atoms with Gasteiger partial charge in [-0.05, 0) is 42.5 Å². The molecule has 2 aromatic rings. The Morgan fingerprint density at radius 3 is 2.54 bits per heavy atom. The van der Waals surface area contributed by atoms with Gasteiger partial charge in [0.1, 0.15) is 11.6 Å². The van der Waals surface area contributed by atoms with Crippen molar-refractivity contribution >= 4 is 17.4 Å². The Labute approximate surface area is 163 Å². The molecule has 0 atom stereocenters. The Kier molecular flexibility index (Phi) is 4.85. The maximum atomic E-state index is 13.3. The number of hydrogen-bond acceptors (Lipinski definition) is 4. The molecule has 0 aliphatic carbocycles. The number of carbonyl (C=O) groups excluding carboxylic acids is 1. The first-order valence-corrected chi connectivity index (χ1v) is 9.39. The third-order valence-electron chi connectivity index (χ3n) is 5.26. The summed E-state index contributed by atoms with van der Waals surface area (Å²) in [5, 5.41) is 2.94. The zero-order chi connectivity index (χ0) is 19.7. The minimum atomic E-state index is -0.741. The average molecular weight is 385 g/mol. The minimum Gasteiger partial charge on any atom is -0.462 e. The highest BCUT2D eigenvalue weighted by atomic mass is 19.1. The summed E-state index contributed by atoms with van der Waals surface area (Å²) >= 11 is 0. The van der Waals surface area contributed by atoms with E-state index in [9.17, 15) is 9.18 Å². The van der Waals surface area contributed by atoms with Crippen molar-refractivity contribution in [2.45, 2.75) is 25.2 Å². The highest BCUT2D eigenvalue weighted by Crippen LogP contribution is 2.37. The third-order valence-corrected chi connectivity index (χ3v) is 5.26. The number of amides is 2. The molecule has 1 fully saturated rings. The van der Waals surface area contributed by atoms with Crippen LogP contribution in [0.2, 0.25) is 0 Å². The van der Waals surface area contributed by atoms with Crippen molar-refractivity contribution in [3.63, 3.8) is 0 Å². The SMILES string of the molecule is CN(C)c1ccc(NC(=O)N2CCC3(CC2)OCc2cc(F)ccc2O3)cc1. The molecule has 2 amide bonds. The topological polar surface area (TPSA) is 54.0 Å². The lowest BCUT2D eigenvalue weighted by molar-refractivity contribution is -0.225. The number of nitrogens with one attached hydrogen (secondary N) is 1. The van der Waals surface area contributed by atoms with Crippen molar-refractivity contribution in [3.8, 4) is 5.75 Å². The molecule has 6 nitrogen and oxygen atoms in total. The van der Waals surface area contributed by atoms with Gasteiger partial charge in [0.05, 0.1) is 6.61 Å². The van der Waals surface area contributed by atoms with Crippen LogP contribution in [0.3, 0.4) is 0 Å². The van der Waals surface area contributed by atoms with Crippen LogP contribution in [0, 0.1) is 5.82 Å². The molecule has 4 rings (SSSR count). The third kappa shape index (κ3) is 3.75. The van der Waals surface area contributed by atoms with Gasteiger partial charge >= 0.3 is 6.03 Å². The Bertz CT molecular complexity index is 862. The van der Waals surface area contributed by atoms with Crippen molar-refractivity contribution in [1.82, 2.24) is 4.90 Å². The molecule has 0 bridgehead atoms. The summed E-state index contributed by atoms with van der Waals surface area (Å²) in [5.74, 6) is -0.381. The van der Waals surface area contributed by atoms with Gasteiger partial charge in [0.25, 0.3) is 0 Å². The molecule has 0 radical (unpaired) electrons. The number of urea groups is 1. The van der Waals surface area contributed by atoms with Gasteiger partial charge in [0.2, 0.25) is 5.79 Å². The molecule has 28 heavy (non-hydrogen) atoms. The van der Waals surface area contributed by atoms with E-state index in [0.717, 1.165) is 11.4 Å². The second-order valence-electron chi connectivity index (χ2n) is 7.41. The van der Waals surface area contributed by atoms with Gasteiger partial charge < -0.3 is 24.6 Å². The lowest BCUT2D eigenvalue weighted by Crippen LogP contribution is -2.53. The number of ether oxygens (including phenoxy) is 2. The Morgan fingerprint density at radius 2 is 1.86 bits per heavy atom. The first-order chi connectivity index (χ1) is 13.4.